The Bertz CT molecular complexity index is 464. The van der Waals surface area contributed by atoms with Gasteiger partial charge in [-0.1, -0.05) is 6.92 Å². The summed E-state index contributed by atoms with van der Waals surface area (Å²) in [6.45, 7) is 3.22. The molecule has 0 spiro atoms. The summed E-state index contributed by atoms with van der Waals surface area (Å²) in [4.78, 5) is 1.47. The van der Waals surface area contributed by atoms with Crippen LogP contribution in [0.15, 0.2) is 16.3 Å². The SMILES string of the molecule is CCCNS(=O)(=O)c1csc(CNC2CC2)c1. The van der Waals surface area contributed by atoms with Crippen LogP contribution in [-0.4, -0.2) is 21.0 Å². The minimum Gasteiger partial charge on any atom is -0.309 e. The monoisotopic (exact) mass is 274 g/mol. The van der Waals surface area contributed by atoms with E-state index in [2.05, 4.69) is 10.0 Å². The molecule has 1 aliphatic carbocycles. The summed E-state index contributed by atoms with van der Waals surface area (Å²) < 4.78 is 26.2. The van der Waals surface area contributed by atoms with Gasteiger partial charge in [-0.15, -0.1) is 11.3 Å². The number of sulfonamides is 1. The van der Waals surface area contributed by atoms with E-state index >= 15 is 0 Å². The van der Waals surface area contributed by atoms with E-state index in [1.54, 1.807) is 11.4 Å². The van der Waals surface area contributed by atoms with Gasteiger partial charge in [0.05, 0.1) is 4.90 Å². The molecule has 2 N–H and O–H groups in total. The van der Waals surface area contributed by atoms with Crippen LogP contribution in [0.25, 0.3) is 0 Å². The van der Waals surface area contributed by atoms with E-state index in [1.807, 2.05) is 6.92 Å². The summed E-state index contributed by atoms with van der Waals surface area (Å²) in [6, 6.07) is 2.41. The van der Waals surface area contributed by atoms with Gasteiger partial charge >= 0.3 is 0 Å². The zero-order valence-corrected chi connectivity index (χ0v) is 11.5. The van der Waals surface area contributed by atoms with Gasteiger partial charge in [-0.3, -0.25) is 0 Å². The molecule has 96 valence electrons. The molecule has 1 aromatic rings. The molecule has 0 atom stereocenters. The predicted octanol–water partition coefficient (Wildman–Crippen LogP) is 1.69. The summed E-state index contributed by atoms with van der Waals surface area (Å²) in [5.41, 5.74) is 0. The van der Waals surface area contributed by atoms with Crippen LogP contribution in [-0.2, 0) is 16.6 Å². The number of hydrogen-bond acceptors (Lipinski definition) is 4. The maximum Gasteiger partial charge on any atom is 0.241 e. The van der Waals surface area contributed by atoms with Crippen molar-refractivity contribution in [1.29, 1.82) is 0 Å². The summed E-state index contributed by atoms with van der Waals surface area (Å²) >= 11 is 1.50. The van der Waals surface area contributed by atoms with E-state index in [4.69, 9.17) is 0 Å². The number of rotatable bonds is 7. The Morgan fingerprint density at radius 1 is 1.47 bits per heavy atom. The molecular formula is C11H18N2O2S2. The van der Waals surface area contributed by atoms with Crippen molar-refractivity contribution in [2.75, 3.05) is 6.54 Å². The van der Waals surface area contributed by atoms with E-state index in [1.165, 1.54) is 24.2 Å². The molecule has 0 amide bonds. The van der Waals surface area contributed by atoms with Crippen molar-refractivity contribution in [2.24, 2.45) is 0 Å². The van der Waals surface area contributed by atoms with Crippen molar-refractivity contribution in [3.05, 3.63) is 16.3 Å². The average molecular weight is 274 g/mol. The Labute approximate surface area is 106 Å². The van der Waals surface area contributed by atoms with Crippen molar-refractivity contribution in [2.45, 2.75) is 43.7 Å². The molecule has 0 radical (unpaired) electrons. The Morgan fingerprint density at radius 3 is 2.88 bits per heavy atom. The second kappa shape index (κ2) is 5.48. The Balaban J connectivity index is 1.95. The van der Waals surface area contributed by atoms with Crippen LogP contribution < -0.4 is 10.0 Å². The van der Waals surface area contributed by atoms with Gasteiger partial charge in [0.2, 0.25) is 10.0 Å². The highest BCUT2D eigenvalue weighted by molar-refractivity contribution is 7.89. The molecule has 1 aromatic heterocycles. The summed E-state index contributed by atoms with van der Waals surface area (Å²) in [6.07, 6.45) is 3.29. The first-order chi connectivity index (χ1) is 8.12. The first kappa shape index (κ1) is 13.0. The second-order valence-corrected chi connectivity index (χ2v) is 7.06. The van der Waals surface area contributed by atoms with Crippen molar-refractivity contribution < 1.29 is 8.42 Å². The third-order valence-electron chi connectivity index (χ3n) is 2.62. The van der Waals surface area contributed by atoms with E-state index in [0.717, 1.165) is 17.8 Å². The van der Waals surface area contributed by atoms with Crippen molar-refractivity contribution >= 4 is 21.4 Å². The van der Waals surface area contributed by atoms with Gasteiger partial charge in [-0.05, 0) is 25.3 Å². The zero-order valence-electron chi connectivity index (χ0n) is 9.90. The molecule has 0 bridgehead atoms. The van der Waals surface area contributed by atoms with Crippen molar-refractivity contribution in [3.63, 3.8) is 0 Å². The van der Waals surface area contributed by atoms with Gasteiger partial charge in [-0.2, -0.15) is 0 Å². The van der Waals surface area contributed by atoms with Gasteiger partial charge in [0.25, 0.3) is 0 Å². The molecular weight excluding hydrogens is 256 g/mol. The predicted molar refractivity (Wildman–Crippen MR) is 69.7 cm³/mol. The van der Waals surface area contributed by atoms with Crippen LogP contribution in [0.2, 0.25) is 0 Å². The lowest BCUT2D eigenvalue weighted by molar-refractivity contribution is 0.581. The largest absolute Gasteiger partial charge is 0.309 e. The van der Waals surface area contributed by atoms with E-state index in [9.17, 15) is 8.42 Å². The van der Waals surface area contributed by atoms with E-state index in [0.29, 0.717) is 17.5 Å². The normalized spacial score (nSPS) is 16.3. The molecule has 2 rings (SSSR count). The van der Waals surface area contributed by atoms with Crippen LogP contribution in [0.3, 0.4) is 0 Å². The molecule has 1 aliphatic rings. The van der Waals surface area contributed by atoms with E-state index < -0.39 is 10.0 Å². The molecule has 0 aliphatic heterocycles. The Kier molecular flexibility index (Phi) is 4.19. The fourth-order valence-corrected chi connectivity index (χ4v) is 3.81. The molecule has 0 aromatic carbocycles. The highest BCUT2D eigenvalue weighted by atomic mass is 32.2. The molecule has 0 saturated heterocycles. The lowest BCUT2D eigenvalue weighted by Gasteiger charge is -2.02. The van der Waals surface area contributed by atoms with Gasteiger partial charge in [0.1, 0.15) is 0 Å². The number of nitrogens with one attached hydrogen (secondary N) is 2. The molecule has 17 heavy (non-hydrogen) atoms. The lowest BCUT2D eigenvalue weighted by atomic mass is 10.4. The highest BCUT2D eigenvalue weighted by Gasteiger charge is 2.21. The first-order valence-electron chi connectivity index (χ1n) is 5.92. The summed E-state index contributed by atoms with van der Waals surface area (Å²) in [5.74, 6) is 0. The summed E-state index contributed by atoms with van der Waals surface area (Å²) in [5, 5.41) is 5.09. The highest BCUT2D eigenvalue weighted by Crippen LogP contribution is 2.22. The van der Waals surface area contributed by atoms with Crippen molar-refractivity contribution in [1.82, 2.24) is 10.0 Å². The van der Waals surface area contributed by atoms with Crippen LogP contribution >= 0.6 is 11.3 Å². The molecule has 1 saturated carbocycles. The molecule has 4 nitrogen and oxygen atoms in total. The summed E-state index contributed by atoms with van der Waals surface area (Å²) in [7, 11) is -3.29. The maximum absolute atomic E-state index is 11.8. The van der Waals surface area contributed by atoms with E-state index in [-0.39, 0.29) is 0 Å². The second-order valence-electron chi connectivity index (χ2n) is 4.30. The third kappa shape index (κ3) is 3.77. The quantitative estimate of drug-likeness (QED) is 0.795. The molecule has 1 heterocycles. The molecule has 0 unspecified atom stereocenters. The Morgan fingerprint density at radius 2 is 2.24 bits per heavy atom. The standard InChI is InChI=1S/C11H18N2O2S2/c1-2-5-13-17(14,15)11-6-10(16-8-11)7-12-9-3-4-9/h6,8-9,12-13H,2-5,7H2,1H3. The lowest BCUT2D eigenvalue weighted by Crippen LogP contribution is -2.23. The van der Waals surface area contributed by atoms with Crippen LogP contribution in [0.4, 0.5) is 0 Å². The van der Waals surface area contributed by atoms with Gasteiger partial charge < -0.3 is 5.32 Å². The van der Waals surface area contributed by atoms with Gasteiger partial charge in [0.15, 0.2) is 0 Å². The molecule has 6 heteroatoms. The fourth-order valence-electron chi connectivity index (χ4n) is 1.45. The topological polar surface area (TPSA) is 58.2 Å². The maximum atomic E-state index is 11.8. The fraction of sp³-hybridized carbons (Fsp3) is 0.636. The number of hydrogen-bond donors (Lipinski definition) is 2. The average Bonchev–Trinajstić information content (AvgIpc) is 3.00. The molecule has 1 fully saturated rings. The van der Waals surface area contributed by atoms with Gasteiger partial charge in [-0.25, -0.2) is 13.1 Å². The number of thiophene rings is 1. The minimum atomic E-state index is -3.29. The van der Waals surface area contributed by atoms with Crippen LogP contribution in [0.5, 0.6) is 0 Å². The zero-order chi connectivity index (χ0) is 12.3. The van der Waals surface area contributed by atoms with Crippen LogP contribution in [0, 0.1) is 0 Å². The smallest absolute Gasteiger partial charge is 0.241 e. The third-order valence-corrected chi connectivity index (χ3v) is 5.15. The first-order valence-corrected chi connectivity index (χ1v) is 8.28. The minimum absolute atomic E-state index is 0.392. The van der Waals surface area contributed by atoms with Crippen LogP contribution in [0.1, 0.15) is 31.1 Å². The van der Waals surface area contributed by atoms with Gasteiger partial charge in [0, 0.05) is 29.4 Å². The Hall–Kier alpha value is -0.430. The van der Waals surface area contributed by atoms with Crippen molar-refractivity contribution in [3.8, 4) is 0 Å².